The summed E-state index contributed by atoms with van der Waals surface area (Å²) in [4.78, 5) is 21.9. The quantitative estimate of drug-likeness (QED) is 0.525. The first kappa shape index (κ1) is 15.7. The van der Waals surface area contributed by atoms with Crippen molar-refractivity contribution < 1.29 is 19.1 Å². The van der Waals surface area contributed by atoms with E-state index in [2.05, 4.69) is 10.1 Å². The third-order valence-electron chi connectivity index (χ3n) is 2.10. The van der Waals surface area contributed by atoms with Crippen LogP contribution in [0.15, 0.2) is 0 Å². The Morgan fingerprint density at radius 1 is 1.18 bits per heavy atom. The van der Waals surface area contributed by atoms with Crippen molar-refractivity contribution in [3.63, 3.8) is 0 Å². The Hall–Kier alpha value is -1.26. The first-order valence-corrected chi connectivity index (χ1v) is 6.03. The maximum Gasteiger partial charge on any atom is 0.407 e. The predicted molar refractivity (Wildman–Crippen MR) is 64.7 cm³/mol. The molecule has 100 valence electrons. The van der Waals surface area contributed by atoms with Crippen LogP contribution in [0.2, 0.25) is 0 Å². The number of hydrogen-bond acceptors (Lipinski definition) is 4. The van der Waals surface area contributed by atoms with Gasteiger partial charge >= 0.3 is 12.1 Å². The van der Waals surface area contributed by atoms with E-state index in [-0.39, 0.29) is 12.1 Å². The summed E-state index contributed by atoms with van der Waals surface area (Å²) in [7, 11) is 1.38. The van der Waals surface area contributed by atoms with E-state index in [1.54, 1.807) is 0 Å². The van der Waals surface area contributed by atoms with Crippen molar-refractivity contribution in [3.8, 4) is 0 Å². The maximum atomic E-state index is 11.1. The Labute approximate surface area is 103 Å². The number of esters is 1. The van der Waals surface area contributed by atoms with Gasteiger partial charge in [0.15, 0.2) is 0 Å². The molecule has 17 heavy (non-hydrogen) atoms. The number of rotatable bonds is 8. The van der Waals surface area contributed by atoms with E-state index in [1.807, 2.05) is 13.8 Å². The first-order chi connectivity index (χ1) is 8.06. The fraction of sp³-hybridized carbons (Fsp3) is 0.833. The molecule has 0 aromatic rings. The molecule has 5 nitrogen and oxygen atoms in total. The number of amides is 1. The standard InChI is InChI=1S/C12H23NO4/c1-10(2)9-17-12(15)13-8-6-4-5-7-11(14)16-3/h10H,4-9H2,1-3H3,(H,13,15). The Kier molecular flexibility index (Phi) is 9.19. The van der Waals surface area contributed by atoms with E-state index in [9.17, 15) is 9.59 Å². The molecule has 0 saturated carbocycles. The van der Waals surface area contributed by atoms with Crippen molar-refractivity contribution in [3.05, 3.63) is 0 Å². The average Bonchev–Trinajstić information content (AvgIpc) is 2.30. The lowest BCUT2D eigenvalue weighted by Crippen LogP contribution is -2.26. The molecule has 0 saturated heterocycles. The van der Waals surface area contributed by atoms with Gasteiger partial charge in [-0.1, -0.05) is 20.3 Å². The van der Waals surface area contributed by atoms with Crippen LogP contribution in [0.4, 0.5) is 4.79 Å². The Bertz CT molecular complexity index is 229. The normalized spacial score (nSPS) is 10.1. The highest BCUT2D eigenvalue weighted by atomic mass is 16.5. The molecule has 0 radical (unpaired) electrons. The van der Waals surface area contributed by atoms with E-state index in [4.69, 9.17) is 4.74 Å². The van der Waals surface area contributed by atoms with Gasteiger partial charge in [-0.25, -0.2) is 4.79 Å². The molecule has 0 aromatic heterocycles. The minimum atomic E-state index is -0.369. The zero-order valence-electron chi connectivity index (χ0n) is 11.0. The molecule has 0 aliphatic heterocycles. The summed E-state index contributed by atoms with van der Waals surface area (Å²) in [5.41, 5.74) is 0. The molecule has 0 unspecified atom stereocenters. The van der Waals surface area contributed by atoms with Crippen LogP contribution < -0.4 is 5.32 Å². The molecule has 1 amide bonds. The van der Waals surface area contributed by atoms with Crippen LogP contribution in [0.1, 0.15) is 39.5 Å². The molecular weight excluding hydrogens is 222 g/mol. The van der Waals surface area contributed by atoms with Crippen molar-refractivity contribution in [2.45, 2.75) is 39.5 Å². The van der Waals surface area contributed by atoms with Crippen LogP contribution in [0.25, 0.3) is 0 Å². The minimum absolute atomic E-state index is 0.186. The largest absolute Gasteiger partial charge is 0.469 e. The molecule has 1 N–H and O–H groups in total. The van der Waals surface area contributed by atoms with Gasteiger partial charge in [-0.05, 0) is 18.8 Å². The summed E-state index contributed by atoms with van der Waals surface area (Å²) in [5, 5.41) is 2.66. The molecule has 0 aliphatic carbocycles. The van der Waals surface area contributed by atoms with Crippen molar-refractivity contribution in [1.82, 2.24) is 5.32 Å². The van der Waals surface area contributed by atoms with Gasteiger partial charge in [-0.2, -0.15) is 0 Å². The lowest BCUT2D eigenvalue weighted by Gasteiger charge is -2.08. The van der Waals surface area contributed by atoms with Crippen LogP contribution >= 0.6 is 0 Å². The van der Waals surface area contributed by atoms with Gasteiger partial charge < -0.3 is 14.8 Å². The van der Waals surface area contributed by atoms with Crippen LogP contribution in [0.5, 0.6) is 0 Å². The molecule has 0 spiro atoms. The molecule has 0 heterocycles. The molecule has 0 atom stereocenters. The van der Waals surface area contributed by atoms with Gasteiger partial charge in [0.25, 0.3) is 0 Å². The maximum absolute atomic E-state index is 11.1. The molecule has 0 aliphatic rings. The third-order valence-corrected chi connectivity index (χ3v) is 2.10. The summed E-state index contributed by atoms with van der Waals surface area (Å²) in [5.74, 6) is 0.162. The van der Waals surface area contributed by atoms with Crippen LogP contribution in [0, 0.1) is 5.92 Å². The third kappa shape index (κ3) is 11.0. The predicted octanol–water partition coefficient (Wildman–Crippen LogP) is 2.10. The van der Waals surface area contributed by atoms with Crippen molar-refractivity contribution in [2.24, 2.45) is 5.92 Å². The van der Waals surface area contributed by atoms with E-state index in [0.717, 1.165) is 19.3 Å². The summed E-state index contributed by atoms with van der Waals surface area (Å²) in [6.45, 7) is 4.99. The summed E-state index contributed by atoms with van der Waals surface area (Å²) < 4.78 is 9.46. The molecule has 0 fully saturated rings. The Balaban J connectivity index is 3.27. The number of hydrogen-bond donors (Lipinski definition) is 1. The smallest absolute Gasteiger partial charge is 0.407 e. The van der Waals surface area contributed by atoms with Crippen molar-refractivity contribution >= 4 is 12.1 Å². The number of carbonyl (C=O) groups is 2. The fourth-order valence-corrected chi connectivity index (χ4v) is 1.16. The van der Waals surface area contributed by atoms with Gasteiger partial charge in [0, 0.05) is 13.0 Å². The number of unbranched alkanes of at least 4 members (excludes halogenated alkanes) is 2. The average molecular weight is 245 g/mol. The highest BCUT2D eigenvalue weighted by molar-refractivity contribution is 5.69. The lowest BCUT2D eigenvalue weighted by atomic mass is 10.2. The minimum Gasteiger partial charge on any atom is -0.469 e. The van der Waals surface area contributed by atoms with E-state index in [1.165, 1.54) is 7.11 Å². The Morgan fingerprint density at radius 2 is 1.88 bits per heavy atom. The van der Waals surface area contributed by atoms with Gasteiger partial charge in [0.05, 0.1) is 13.7 Å². The second-order valence-electron chi connectivity index (χ2n) is 4.31. The fourth-order valence-electron chi connectivity index (χ4n) is 1.16. The SMILES string of the molecule is COC(=O)CCCCCNC(=O)OCC(C)C. The van der Waals surface area contributed by atoms with Crippen molar-refractivity contribution in [1.29, 1.82) is 0 Å². The molecule has 0 bridgehead atoms. The zero-order valence-corrected chi connectivity index (χ0v) is 11.0. The van der Waals surface area contributed by atoms with Gasteiger partial charge in [0.1, 0.15) is 0 Å². The van der Waals surface area contributed by atoms with E-state index >= 15 is 0 Å². The molecule has 0 rings (SSSR count). The van der Waals surface area contributed by atoms with Crippen molar-refractivity contribution in [2.75, 3.05) is 20.3 Å². The molecular formula is C12H23NO4. The summed E-state index contributed by atoms with van der Waals surface area (Å²) in [6.07, 6.45) is 2.59. The number of alkyl carbamates (subject to hydrolysis) is 1. The number of carbonyl (C=O) groups excluding carboxylic acids is 2. The number of methoxy groups -OCH3 is 1. The second kappa shape index (κ2) is 9.93. The highest BCUT2D eigenvalue weighted by Crippen LogP contribution is 2.00. The van der Waals surface area contributed by atoms with E-state index < -0.39 is 0 Å². The number of ether oxygens (including phenoxy) is 2. The van der Waals surface area contributed by atoms with Gasteiger partial charge in [0.2, 0.25) is 0 Å². The molecule has 0 aromatic carbocycles. The topological polar surface area (TPSA) is 64.6 Å². The van der Waals surface area contributed by atoms with Gasteiger partial charge in [-0.15, -0.1) is 0 Å². The highest BCUT2D eigenvalue weighted by Gasteiger charge is 2.03. The lowest BCUT2D eigenvalue weighted by molar-refractivity contribution is -0.140. The van der Waals surface area contributed by atoms with E-state index in [0.29, 0.717) is 25.5 Å². The number of nitrogens with one attached hydrogen (secondary N) is 1. The summed E-state index contributed by atoms with van der Waals surface area (Å²) >= 11 is 0. The monoisotopic (exact) mass is 245 g/mol. The van der Waals surface area contributed by atoms with Crippen LogP contribution in [-0.4, -0.2) is 32.3 Å². The second-order valence-corrected chi connectivity index (χ2v) is 4.31. The van der Waals surface area contributed by atoms with Gasteiger partial charge in [-0.3, -0.25) is 4.79 Å². The zero-order chi connectivity index (χ0) is 13.1. The van der Waals surface area contributed by atoms with Crippen LogP contribution in [0.3, 0.4) is 0 Å². The first-order valence-electron chi connectivity index (χ1n) is 6.03. The summed E-state index contributed by atoms with van der Waals surface area (Å²) in [6, 6.07) is 0. The Morgan fingerprint density at radius 3 is 2.47 bits per heavy atom. The molecule has 5 heteroatoms. The van der Waals surface area contributed by atoms with Crippen LogP contribution in [-0.2, 0) is 14.3 Å².